The number of carbonyl (C=O) groups is 4. The van der Waals surface area contributed by atoms with Crippen LogP contribution >= 0.6 is 31.9 Å². The molecule has 218 valence electrons. The van der Waals surface area contributed by atoms with Crippen LogP contribution in [0.1, 0.15) is 24.3 Å². The normalized spacial score (nSPS) is 28.0. The first-order chi connectivity index (χ1) is 20.7. The lowest BCUT2D eigenvalue weighted by Crippen LogP contribution is -2.43. The van der Waals surface area contributed by atoms with Gasteiger partial charge in [-0.15, -0.1) is 0 Å². The average Bonchev–Trinajstić information content (AvgIpc) is 3.41. The molecule has 3 aromatic carbocycles. The van der Waals surface area contributed by atoms with Crippen molar-refractivity contribution in [2.24, 2.45) is 29.6 Å². The molecule has 2 saturated heterocycles. The van der Waals surface area contributed by atoms with Crippen LogP contribution in [0.4, 0.5) is 11.4 Å². The molecule has 8 nitrogen and oxygen atoms in total. The van der Waals surface area contributed by atoms with E-state index in [0.29, 0.717) is 29.1 Å². The van der Waals surface area contributed by atoms with Gasteiger partial charge in [0.2, 0.25) is 23.6 Å². The van der Waals surface area contributed by atoms with Crippen molar-refractivity contribution in [3.63, 3.8) is 0 Å². The van der Waals surface area contributed by atoms with Crippen LogP contribution in [0.2, 0.25) is 0 Å². The van der Waals surface area contributed by atoms with E-state index in [4.69, 9.17) is 4.74 Å². The Morgan fingerprint density at radius 1 is 0.721 bits per heavy atom. The van der Waals surface area contributed by atoms with Crippen LogP contribution in [-0.2, 0) is 19.2 Å². The van der Waals surface area contributed by atoms with E-state index in [1.807, 2.05) is 6.08 Å². The molecule has 0 spiro atoms. The zero-order valence-corrected chi connectivity index (χ0v) is 26.1. The molecule has 10 heteroatoms. The second kappa shape index (κ2) is 10.4. The van der Waals surface area contributed by atoms with Gasteiger partial charge >= 0.3 is 0 Å². The van der Waals surface area contributed by atoms with Crippen molar-refractivity contribution in [2.75, 3.05) is 16.9 Å². The molecule has 1 saturated carbocycles. The Bertz CT molecular complexity index is 1720. The molecule has 6 unspecified atom stereocenters. The van der Waals surface area contributed by atoms with Crippen LogP contribution in [-0.4, -0.2) is 35.8 Å². The van der Waals surface area contributed by atoms with Crippen molar-refractivity contribution in [1.29, 1.82) is 0 Å². The van der Waals surface area contributed by atoms with Crippen molar-refractivity contribution in [3.8, 4) is 11.5 Å². The van der Waals surface area contributed by atoms with Crippen LogP contribution in [0.3, 0.4) is 0 Å². The maximum absolute atomic E-state index is 14.2. The standard InChI is InChI=1S/C33H26Br2N2O6/c1-43-20-10-11-22(26(38)14-20)27-21-12-13-23-28(32(41)36(30(23)39)18-6-2-16(34)3-7-18)24(21)15-25-29(27)33(42)37(31(25)40)19-8-4-17(35)5-9-19/h2-12,14,23-25,27-29,38H,13,15H2,1H3. The Morgan fingerprint density at radius 3 is 1.84 bits per heavy atom. The molecule has 6 atom stereocenters. The lowest BCUT2D eigenvalue weighted by Gasteiger charge is -2.44. The van der Waals surface area contributed by atoms with Gasteiger partial charge in [0.25, 0.3) is 0 Å². The zero-order chi connectivity index (χ0) is 30.2. The minimum absolute atomic E-state index is 0.0561. The number of allylic oxidation sites excluding steroid dienone is 2. The third-order valence-electron chi connectivity index (χ3n) is 9.39. The number of imide groups is 2. The largest absolute Gasteiger partial charge is 0.508 e. The van der Waals surface area contributed by atoms with Crippen LogP contribution in [0, 0.1) is 29.6 Å². The van der Waals surface area contributed by atoms with Crippen molar-refractivity contribution in [1.82, 2.24) is 0 Å². The van der Waals surface area contributed by atoms with Gasteiger partial charge in [-0.3, -0.25) is 29.0 Å². The number of rotatable bonds is 4. The predicted molar refractivity (Wildman–Crippen MR) is 165 cm³/mol. The number of halogens is 2. The maximum Gasteiger partial charge on any atom is 0.238 e. The monoisotopic (exact) mass is 704 g/mol. The molecule has 0 aromatic heterocycles. The number of benzene rings is 3. The number of phenols is 1. The van der Waals surface area contributed by atoms with Gasteiger partial charge in [-0.1, -0.05) is 49.6 Å². The van der Waals surface area contributed by atoms with Gasteiger partial charge in [0.1, 0.15) is 11.5 Å². The molecule has 2 aliphatic carbocycles. The molecule has 2 aliphatic heterocycles. The zero-order valence-electron chi connectivity index (χ0n) is 22.9. The summed E-state index contributed by atoms with van der Waals surface area (Å²) in [5.74, 6) is -4.70. The Kier molecular flexibility index (Phi) is 6.81. The molecule has 0 bridgehead atoms. The number of amides is 4. The molecule has 1 N–H and O–H groups in total. The molecule has 7 rings (SSSR count). The summed E-state index contributed by atoms with van der Waals surface area (Å²) in [6.45, 7) is 0. The summed E-state index contributed by atoms with van der Waals surface area (Å²) in [5, 5.41) is 11.2. The van der Waals surface area contributed by atoms with E-state index in [1.54, 1.807) is 60.7 Å². The number of carbonyl (C=O) groups excluding carboxylic acids is 4. The fourth-order valence-electron chi connectivity index (χ4n) is 7.54. The van der Waals surface area contributed by atoms with Gasteiger partial charge in [-0.05, 0) is 73.4 Å². The maximum atomic E-state index is 14.2. The number of methoxy groups -OCH3 is 1. The third kappa shape index (κ3) is 4.29. The SMILES string of the molecule is COc1ccc(C2C3=CCC4C(=O)N(c5ccc(Br)cc5)C(=O)C4C3CC3C(=O)N(c4ccc(Br)cc4)C(=O)C32)c(O)c1. The van der Waals surface area contributed by atoms with Crippen LogP contribution in [0.15, 0.2) is 87.3 Å². The molecule has 3 aromatic rings. The van der Waals surface area contributed by atoms with Crippen LogP contribution < -0.4 is 14.5 Å². The van der Waals surface area contributed by atoms with Crippen LogP contribution in [0.25, 0.3) is 0 Å². The number of aromatic hydroxyl groups is 1. The second-order valence-corrected chi connectivity index (χ2v) is 13.3. The van der Waals surface area contributed by atoms with E-state index in [0.717, 1.165) is 14.5 Å². The molecule has 0 radical (unpaired) electrons. The summed E-state index contributed by atoms with van der Waals surface area (Å²) in [6, 6.07) is 19.0. The first-order valence-corrected chi connectivity index (χ1v) is 15.6. The summed E-state index contributed by atoms with van der Waals surface area (Å²) in [5.41, 5.74) is 2.28. The highest BCUT2D eigenvalue weighted by atomic mass is 79.9. The van der Waals surface area contributed by atoms with Gasteiger partial charge in [-0.2, -0.15) is 0 Å². The number of hydrogen-bond acceptors (Lipinski definition) is 6. The Labute approximate surface area is 264 Å². The Balaban J connectivity index is 1.34. The van der Waals surface area contributed by atoms with E-state index in [1.165, 1.54) is 23.0 Å². The molecule has 43 heavy (non-hydrogen) atoms. The van der Waals surface area contributed by atoms with E-state index in [-0.39, 0.29) is 35.8 Å². The number of fused-ring (bicyclic) bond motifs is 4. The summed E-state index contributed by atoms with van der Waals surface area (Å²) >= 11 is 6.81. The lowest BCUT2D eigenvalue weighted by atomic mass is 9.57. The van der Waals surface area contributed by atoms with Gasteiger partial charge in [0.15, 0.2) is 0 Å². The minimum atomic E-state index is -0.774. The molecular formula is C33H26Br2N2O6. The first-order valence-electron chi connectivity index (χ1n) is 14.0. The Morgan fingerprint density at radius 2 is 1.28 bits per heavy atom. The van der Waals surface area contributed by atoms with Crippen molar-refractivity contribution in [3.05, 3.63) is 92.9 Å². The highest BCUT2D eigenvalue weighted by molar-refractivity contribution is 9.10. The predicted octanol–water partition coefficient (Wildman–Crippen LogP) is 5.97. The fourth-order valence-corrected chi connectivity index (χ4v) is 8.07. The summed E-state index contributed by atoms with van der Waals surface area (Å²) in [6.07, 6.45) is 2.56. The first kappa shape index (κ1) is 28.0. The van der Waals surface area contributed by atoms with E-state index < -0.39 is 35.5 Å². The average molecular weight is 706 g/mol. The number of ether oxygens (including phenoxy) is 1. The van der Waals surface area contributed by atoms with Crippen molar-refractivity contribution in [2.45, 2.75) is 18.8 Å². The van der Waals surface area contributed by atoms with Crippen molar-refractivity contribution >= 4 is 66.9 Å². The molecular weight excluding hydrogens is 680 g/mol. The van der Waals surface area contributed by atoms with Gasteiger partial charge in [0.05, 0.1) is 42.2 Å². The van der Waals surface area contributed by atoms with E-state index >= 15 is 0 Å². The Hall–Kier alpha value is -3.76. The fraction of sp³-hybridized carbons (Fsp3) is 0.273. The van der Waals surface area contributed by atoms with Crippen molar-refractivity contribution < 1.29 is 29.0 Å². The quantitative estimate of drug-likeness (QED) is 0.265. The smallest absolute Gasteiger partial charge is 0.238 e. The van der Waals surface area contributed by atoms with Gasteiger partial charge < -0.3 is 9.84 Å². The van der Waals surface area contributed by atoms with Gasteiger partial charge in [-0.25, -0.2) is 0 Å². The number of phenolic OH excluding ortho intramolecular Hbond substituents is 1. The second-order valence-electron chi connectivity index (χ2n) is 11.4. The highest BCUT2D eigenvalue weighted by Crippen LogP contribution is 2.59. The third-order valence-corrected chi connectivity index (χ3v) is 10.4. The summed E-state index contributed by atoms with van der Waals surface area (Å²) < 4.78 is 6.94. The molecule has 4 aliphatic rings. The number of anilines is 2. The number of nitrogens with zero attached hydrogens (tertiary/aromatic N) is 2. The topological polar surface area (TPSA) is 104 Å². The van der Waals surface area contributed by atoms with Crippen LogP contribution in [0.5, 0.6) is 11.5 Å². The molecule has 2 heterocycles. The summed E-state index contributed by atoms with van der Waals surface area (Å²) in [7, 11) is 1.50. The molecule has 4 amide bonds. The minimum Gasteiger partial charge on any atom is -0.508 e. The van der Waals surface area contributed by atoms with E-state index in [2.05, 4.69) is 31.9 Å². The van der Waals surface area contributed by atoms with Gasteiger partial charge in [0, 0.05) is 26.5 Å². The summed E-state index contributed by atoms with van der Waals surface area (Å²) in [4.78, 5) is 58.5. The lowest BCUT2D eigenvalue weighted by molar-refractivity contribution is -0.126. The number of hydrogen-bond donors (Lipinski definition) is 1. The van der Waals surface area contributed by atoms with E-state index in [9.17, 15) is 24.3 Å². The highest BCUT2D eigenvalue weighted by Gasteiger charge is 2.62. The molecule has 3 fully saturated rings.